The number of hydrogen-bond donors (Lipinski definition) is 2. The van der Waals surface area contributed by atoms with Gasteiger partial charge in [-0.05, 0) is 37.6 Å². The first-order valence-electron chi connectivity index (χ1n) is 6.65. The Morgan fingerprint density at radius 1 is 1.27 bits per heavy atom. The highest BCUT2D eigenvalue weighted by Crippen LogP contribution is 2.26. The Morgan fingerprint density at radius 2 is 1.91 bits per heavy atom. The Kier molecular flexibility index (Phi) is 4.41. The number of benzene rings is 1. The van der Waals surface area contributed by atoms with E-state index in [0.29, 0.717) is 11.3 Å². The first kappa shape index (κ1) is 15.5. The molecule has 6 heteroatoms. The van der Waals surface area contributed by atoms with E-state index in [-0.39, 0.29) is 29.2 Å². The number of aromatic carboxylic acids is 1. The van der Waals surface area contributed by atoms with E-state index < -0.39 is 11.9 Å². The molecule has 0 radical (unpaired) electrons. The van der Waals surface area contributed by atoms with Crippen LogP contribution in [-0.2, 0) is 9.53 Å². The Morgan fingerprint density at radius 3 is 2.45 bits per heavy atom. The van der Waals surface area contributed by atoms with Crippen LogP contribution in [0.3, 0.4) is 0 Å². The number of rotatable bonds is 4. The molecule has 1 heterocycles. The van der Waals surface area contributed by atoms with Crippen molar-refractivity contribution in [3.63, 3.8) is 0 Å². The fourth-order valence-electron chi connectivity index (χ4n) is 2.02. The largest absolute Gasteiger partial charge is 0.505 e. The summed E-state index contributed by atoms with van der Waals surface area (Å²) in [5.41, 5.74) is 1.50. The van der Waals surface area contributed by atoms with E-state index in [4.69, 9.17) is 9.84 Å². The molecule has 2 N–H and O–H groups in total. The third-order valence-electron chi connectivity index (χ3n) is 3.07. The first-order valence-corrected chi connectivity index (χ1v) is 6.65. The highest BCUT2D eigenvalue weighted by atomic mass is 16.5. The summed E-state index contributed by atoms with van der Waals surface area (Å²) in [6.07, 6.45) is 1.57. The molecule has 0 aliphatic carbocycles. The highest BCUT2D eigenvalue weighted by molar-refractivity contribution is 6.22. The van der Waals surface area contributed by atoms with Gasteiger partial charge >= 0.3 is 11.9 Å². The Labute approximate surface area is 127 Å². The second-order valence-corrected chi connectivity index (χ2v) is 4.60. The van der Waals surface area contributed by atoms with Crippen molar-refractivity contribution in [1.29, 1.82) is 0 Å². The van der Waals surface area contributed by atoms with Crippen molar-refractivity contribution in [2.45, 2.75) is 13.8 Å². The van der Waals surface area contributed by atoms with E-state index in [9.17, 15) is 14.7 Å². The summed E-state index contributed by atoms with van der Waals surface area (Å²) in [4.78, 5) is 26.7. The maximum atomic E-state index is 11.8. The molecule has 1 aliphatic rings. The number of aliphatic hydroxyl groups is 1. The summed E-state index contributed by atoms with van der Waals surface area (Å²) < 4.78 is 4.88. The average Bonchev–Trinajstić information content (AvgIpc) is 2.74. The van der Waals surface area contributed by atoms with Gasteiger partial charge in [0.15, 0.2) is 5.76 Å². The van der Waals surface area contributed by atoms with E-state index >= 15 is 0 Å². The normalized spacial score (nSPS) is 15.9. The summed E-state index contributed by atoms with van der Waals surface area (Å²) in [7, 11) is 0. The van der Waals surface area contributed by atoms with Crippen LogP contribution in [0.4, 0.5) is 0 Å². The van der Waals surface area contributed by atoms with Gasteiger partial charge in [0.25, 0.3) is 0 Å². The number of carboxylic acid groups (broad SMARTS) is 1. The van der Waals surface area contributed by atoms with Gasteiger partial charge in [0.05, 0.1) is 17.9 Å². The fourth-order valence-corrected chi connectivity index (χ4v) is 2.02. The van der Waals surface area contributed by atoms with Crippen LogP contribution in [0.15, 0.2) is 46.3 Å². The van der Waals surface area contributed by atoms with Crippen molar-refractivity contribution in [1.82, 2.24) is 0 Å². The standard InChI is InChI=1S/C16H15NO5/c1-3-22-16(21)13-9(2)17-12(14(13)18)8-10-4-6-11(7-5-10)15(19)20/h4-8,18H,3H2,1-2H3,(H,19,20). The lowest BCUT2D eigenvalue weighted by molar-refractivity contribution is -0.138. The zero-order valence-electron chi connectivity index (χ0n) is 12.2. The number of aliphatic imine (C=N–C) groups is 1. The molecule has 22 heavy (non-hydrogen) atoms. The van der Waals surface area contributed by atoms with Crippen LogP contribution in [0, 0.1) is 0 Å². The van der Waals surface area contributed by atoms with Crippen LogP contribution in [0.1, 0.15) is 29.8 Å². The minimum atomic E-state index is -1.01. The minimum Gasteiger partial charge on any atom is -0.505 e. The molecular weight excluding hydrogens is 286 g/mol. The fraction of sp³-hybridized carbons (Fsp3) is 0.188. The molecule has 0 atom stereocenters. The van der Waals surface area contributed by atoms with E-state index in [2.05, 4.69) is 4.99 Å². The van der Waals surface area contributed by atoms with Gasteiger partial charge in [0, 0.05) is 0 Å². The van der Waals surface area contributed by atoms with Crippen molar-refractivity contribution in [2.24, 2.45) is 4.99 Å². The number of carbonyl (C=O) groups excluding carboxylic acids is 1. The monoisotopic (exact) mass is 301 g/mol. The third kappa shape index (κ3) is 3.06. The molecular formula is C16H15NO5. The molecule has 114 valence electrons. The van der Waals surface area contributed by atoms with Gasteiger partial charge in [-0.1, -0.05) is 12.1 Å². The quantitative estimate of drug-likeness (QED) is 0.833. The summed E-state index contributed by atoms with van der Waals surface area (Å²) in [6, 6.07) is 6.09. The van der Waals surface area contributed by atoms with Crippen LogP contribution in [0.25, 0.3) is 6.08 Å². The molecule has 0 spiro atoms. The van der Waals surface area contributed by atoms with Crippen molar-refractivity contribution < 1.29 is 24.5 Å². The van der Waals surface area contributed by atoms with Crippen LogP contribution in [0.2, 0.25) is 0 Å². The maximum Gasteiger partial charge on any atom is 0.343 e. The topological polar surface area (TPSA) is 96.2 Å². The Hall–Kier alpha value is -2.89. The van der Waals surface area contributed by atoms with Gasteiger partial charge in [0.1, 0.15) is 11.3 Å². The molecule has 0 saturated heterocycles. The number of carboxylic acids is 1. The first-order chi connectivity index (χ1) is 10.4. The summed E-state index contributed by atoms with van der Waals surface area (Å²) >= 11 is 0. The summed E-state index contributed by atoms with van der Waals surface area (Å²) in [5.74, 6) is -1.87. The molecule has 6 nitrogen and oxygen atoms in total. The van der Waals surface area contributed by atoms with E-state index in [0.717, 1.165) is 0 Å². The van der Waals surface area contributed by atoms with Gasteiger partial charge in [-0.15, -0.1) is 0 Å². The SMILES string of the molecule is CCOC(=O)C1=C(O)C(=Cc2ccc(C(=O)O)cc2)N=C1C. The third-order valence-corrected chi connectivity index (χ3v) is 3.07. The Balaban J connectivity index is 2.33. The zero-order chi connectivity index (χ0) is 16.3. The predicted octanol–water partition coefficient (Wildman–Crippen LogP) is 2.58. The predicted molar refractivity (Wildman–Crippen MR) is 80.8 cm³/mol. The smallest absolute Gasteiger partial charge is 0.343 e. The molecule has 0 aromatic heterocycles. The molecule has 1 aliphatic heterocycles. The number of aliphatic hydroxyl groups excluding tert-OH is 1. The van der Waals surface area contributed by atoms with E-state index in [1.807, 2.05) is 0 Å². The lowest BCUT2D eigenvalue weighted by Gasteiger charge is -2.03. The van der Waals surface area contributed by atoms with Crippen molar-refractivity contribution >= 4 is 23.7 Å². The molecule has 2 rings (SSSR count). The van der Waals surface area contributed by atoms with Crippen LogP contribution >= 0.6 is 0 Å². The minimum absolute atomic E-state index is 0.0512. The lowest BCUT2D eigenvalue weighted by Crippen LogP contribution is -2.13. The average molecular weight is 301 g/mol. The molecule has 0 saturated carbocycles. The summed E-state index contributed by atoms with van der Waals surface area (Å²) in [6.45, 7) is 3.49. The van der Waals surface area contributed by atoms with Gasteiger partial charge in [-0.25, -0.2) is 14.6 Å². The molecule has 0 amide bonds. The molecule has 0 unspecified atom stereocenters. The number of nitrogens with zero attached hydrogens (tertiary/aromatic N) is 1. The Bertz CT molecular complexity index is 711. The van der Waals surface area contributed by atoms with Gasteiger partial charge in [-0.3, -0.25) is 0 Å². The number of hydrogen-bond acceptors (Lipinski definition) is 5. The van der Waals surface area contributed by atoms with Crippen LogP contribution in [-0.4, -0.2) is 34.5 Å². The van der Waals surface area contributed by atoms with E-state index in [1.165, 1.54) is 12.1 Å². The lowest BCUT2D eigenvalue weighted by atomic mass is 10.1. The van der Waals surface area contributed by atoms with Crippen LogP contribution in [0.5, 0.6) is 0 Å². The van der Waals surface area contributed by atoms with Gasteiger partial charge in [-0.2, -0.15) is 0 Å². The summed E-state index contributed by atoms with van der Waals surface area (Å²) in [5, 5.41) is 19.0. The zero-order valence-corrected chi connectivity index (χ0v) is 12.2. The molecule has 1 aromatic rings. The second-order valence-electron chi connectivity index (χ2n) is 4.60. The second kappa shape index (κ2) is 6.26. The highest BCUT2D eigenvalue weighted by Gasteiger charge is 2.27. The number of ether oxygens (including phenoxy) is 1. The van der Waals surface area contributed by atoms with E-state index in [1.54, 1.807) is 32.1 Å². The number of esters is 1. The molecule has 1 aromatic carbocycles. The van der Waals surface area contributed by atoms with Crippen molar-refractivity contribution in [2.75, 3.05) is 6.61 Å². The number of carbonyl (C=O) groups is 2. The maximum absolute atomic E-state index is 11.8. The van der Waals surface area contributed by atoms with Crippen LogP contribution < -0.4 is 0 Å². The van der Waals surface area contributed by atoms with Gasteiger partial charge < -0.3 is 14.9 Å². The van der Waals surface area contributed by atoms with Gasteiger partial charge in [0.2, 0.25) is 0 Å². The molecule has 0 fully saturated rings. The molecule has 0 bridgehead atoms. The van der Waals surface area contributed by atoms with Crippen molar-refractivity contribution in [3.05, 3.63) is 52.4 Å². The van der Waals surface area contributed by atoms with Crippen molar-refractivity contribution in [3.8, 4) is 0 Å².